The van der Waals surface area contributed by atoms with E-state index < -0.39 is 0 Å². The van der Waals surface area contributed by atoms with Crippen LogP contribution in [-0.4, -0.2) is 19.0 Å². The fourth-order valence-electron chi connectivity index (χ4n) is 3.30. The molecule has 136 valence electrons. The van der Waals surface area contributed by atoms with Gasteiger partial charge in [0.15, 0.2) is 0 Å². The van der Waals surface area contributed by atoms with Crippen molar-refractivity contribution in [2.75, 3.05) is 23.3 Å². The van der Waals surface area contributed by atoms with E-state index in [4.69, 9.17) is 0 Å². The Kier molecular flexibility index (Phi) is 6.11. The zero-order valence-electron chi connectivity index (χ0n) is 15.8. The molecule has 3 nitrogen and oxygen atoms in total. The van der Waals surface area contributed by atoms with Gasteiger partial charge in [0.2, 0.25) is 0 Å². The lowest BCUT2D eigenvalue weighted by molar-refractivity contribution is -0.110. The summed E-state index contributed by atoms with van der Waals surface area (Å²) in [6.07, 6.45) is 6.83. The maximum Gasteiger partial charge on any atom is 0.256 e. The normalized spacial score (nSPS) is 14.4. The van der Waals surface area contributed by atoms with Gasteiger partial charge < -0.3 is 10.2 Å². The Balaban J connectivity index is 1.79. The van der Waals surface area contributed by atoms with Gasteiger partial charge >= 0.3 is 0 Å². The summed E-state index contributed by atoms with van der Waals surface area (Å²) in [7, 11) is 0. The average molecular weight is 348 g/mol. The molecule has 1 heterocycles. The van der Waals surface area contributed by atoms with Crippen molar-refractivity contribution < 1.29 is 4.79 Å². The zero-order chi connectivity index (χ0) is 18.4. The summed E-state index contributed by atoms with van der Waals surface area (Å²) in [5.74, 6) is -0.0252. The van der Waals surface area contributed by atoms with Gasteiger partial charge in [0, 0.05) is 35.6 Å². The molecule has 2 aromatic rings. The number of hydrogen-bond acceptors (Lipinski definition) is 2. The van der Waals surface area contributed by atoms with Gasteiger partial charge in [0.1, 0.15) is 0 Å². The summed E-state index contributed by atoms with van der Waals surface area (Å²) in [6, 6.07) is 16.4. The predicted octanol–water partition coefficient (Wildman–Crippen LogP) is 5.59. The van der Waals surface area contributed by atoms with Crippen molar-refractivity contribution in [2.24, 2.45) is 0 Å². The van der Waals surface area contributed by atoms with Crippen LogP contribution in [0.4, 0.5) is 11.4 Å². The fraction of sp³-hybridized carbons (Fsp3) is 0.348. The summed E-state index contributed by atoms with van der Waals surface area (Å²) in [6.45, 7) is 6.68. The van der Waals surface area contributed by atoms with Crippen LogP contribution in [0.25, 0.3) is 11.6 Å². The van der Waals surface area contributed by atoms with Crippen LogP contribution in [0.1, 0.15) is 50.7 Å². The van der Waals surface area contributed by atoms with Crippen molar-refractivity contribution in [3.05, 3.63) is 59.7 Å². The SMILES string of the molecule is CCCCN(CCCC)c1ccc(/C=C2\C(=O)Nc3ccccc32)cc1. The first-order chi connectivity index (χ1) is 12.7. The second-order valence-corrected chi connectivity index (χ2v) is 6.84. The van der Waals surface area contributed by atoms with Gasteiger partial charge in [-0.2, -0.15) is 0 Å². The van der Waals surface area contributed by atoms with Gasteiger partial charge in [0.25, 0.3) is 5.91 Å². The Hall–Kier alpha value is -2.55. The van der Waals surface area contributed by atoms with Crippen molar-refractivity contribution in [1.29, 1.82) is 0 Å². The Morgan fingerprint density at radius 2 is 1.58 bits per heavy atom. The molecule has 1 aliphatic rings. The van der Waals surface area contributed by atoms with E-state index in [0.29, 0.717) is 0 Å². The highest BCUT2D eigenvalue weighted by Gasteiger charge is 2.23. The molecule has 0 spiro atoms. The highest BCUT2D eigenvalue weighted by Crippen LogP contribution is 2.32. The molecule has 0 fully saturated rings. The number of carbonyl (C=O) groups is 1. The van der Waals surface area contributed by atoms with E-state index in [2.05, 4.69) is 48.3 Å². The molecule has 26 heavy (non-hydrogen) atoms. The van der Waals surface area contributed by atoms with Crippen LogP contribution in [-0.2, 0) is 4.79 Å². The van der Waals surface area contributed by atoms with E-state index in [0.717, 1.165) is 35.5 Å². The largest absolute Gasteiger partial charge is 0.372 e. The van der Waals surface area contributed by atoms with Crippen molar-refractivity contribution in [3.8, 4) is 0 Å². The Morgan fingerprint density at radius 1 is 0.923 bits per heavy atom. The smallest absolute Gasteiger partial charge is 0.256 e. The summed E-state index contributed by atoms with van der Waals surface area (Å²) >= 11 is 0. The number of anilines is 2. The monoisotopic (exact) mass is 348 g/mol. The standard InChI is InChI=1S/C23H28N2O/c1-3-5-15-25(16-6-4-2)19-13-11-18(12-14-19)17-21-20-9-7-8-10-22(20)24-23(21)26/h7-14,17H,3-6,15-16H2,1-2H3,(H,24,26)/b21-17-. The lowest BCUT2D eigenvalue weighted by Gasteiger charge is -2.24. The van der Waals surface area contributed by atoms with Gasteiger partial charge in [-0.3, -0.25) is 4.79 Å². The highest BCUT2D eigenvalue weighted by atomic mass is 16.2. The first-order valence-electron chi connectivity index (χ1n) is 9.70. The maximum atomic E-state index is 12.3. The van der Waals surface area contributed by atoms with Crippen LogP contribution in [0.5, 0.6) is 0 Å². The maximum absolute atomic E-state index is 12.3. The third kappa shape index (κ3) is 4.16. The number of fused-ring (bicyclic) bond motifs is 1. The Labute approximate surface area is 156 Å². The van der Waals surface area contributed by atoms with Crippen LogP contribution < -0.4 is 10.2 Å². The average Bonchev–Trinajstić information content (AvgIpc) is 2.98. The number of nitrogens with zero attached hydrogens (tertiary/aromatic N) is 1. The molecule has 0 radical (unpaired) electrons. The highest BCUT2D eigenvalue weighted by molar-refractivity contribution is 6.34. The van der Waals surface area contributed by atoms with Crippen molar-refractivity contribution in [3.63, 3.8) is 0 Å². The molecule has 0 unspecified atom stereocenters. The number of nitrogens with one attached hydrogen (secondary N) is 1. The topological polar surface area (TPSA) is 32.3 Å². The van der Waals surface area contributed by atoms with Crippen LogP contribution in [0, 0.1) is 0 Å². The molecule has 0 aliphatic carbocycles. The molecule has 1 N–H and O–H groups in total. The minimum absolute atomic E-state index is 0.0252. The molecular formula is C23H28N2O. The third-order valence-corrected chi connectivity index (χ3v) is 4.84. The number of hydrogen-bond donors (Lipinski definition) is 1. The predicted molar refractivity (Wildman–Crippen MR) is 111 cm³/mol. The van der Waals surface area contributed by atoms with Crippen LogP contribution in [0.3, 0.4) is 0 Å². The van der Waals surface area contributed by atoms with Gasteiger partial charge in [-0.05, 0) is 42.7 Å². The van der Waals surface area contributed by atoms with E-state index in [1.54, 1.807) is 0 Å². The minimum Gasteiger partial charge on any atom is -0.372 e. The fourth-order valence-corrected chi connectivity index (χ4v) is 3.30. The molecule has 0 saturated carbocycles. The summed E-state index contributed by atoms with van der Waals surface area (Å²) in [5, 5.41) is 2.93. The van der Waals surface area contributed by atoms with Crippen LogP contribution in [0.15, 0.2) is 48.5 Å². The lowest BCUT2D eigenvalue weighted by atomic mass is 10.0. The van der Waals surface area contributed by atoms with Gasteiger partial charge in [-0.25, -0.2) is 0 Å². The number of unbranched alkanes of at least 4 members (excludes halogenated alkanes) is 2. The molecule has 0 aromatic heterocycles. The molecule has 3 heteroatoms. The van der Waals surface area contributed by atoms with E-state index in [-0.39, 0.29) is 5.91 Å². The molecule has 0 saturated heterocycles. The number of benzene rings is 2. The van der Waals surface area contributed by atoms with Gasteiger partial charge in [-0.1, -0.05) is 57.0 Å². The number of rotatable bonds is 8. The third-order valence-electron chi connectivity index (χ3n) is 4.84. The molecule has 0 bridgehead atoms. The van der Waals surface area contributed by atoms with Crippen LogP contribution in [0.2, 0.25) is 0 Å². The van der Waals surface area contributed by atoms with Crippen molar-refractivity contribution in [2.45, 2.75) is 39.5 Å². The second-order valence-electron chi connectivity index (χ2n) is 6.84. The lowest BCUT2D eigenvalue weighted by Crippen LogP contribution is -2.25. The first-order valence-corrected chi connectivity index (χ1v) is 9.70. The molecule has 3 rings (SSSR count). The quantitative estimate of drug-likeness (QED) is 0.631. The number of para-hydroxylation sites is 1. The van der Waals surface area contributed by atoms with Crippen molar-refractivity contribution >= 4 is 28.9 Å². The van der Waals surface area contributed by atoms with Crippen molar-refractivity contribution in [1.82, 2.24) is 0 Å². The molecule has 0 atom stereocenters. The van der Waals surface area contributed by atoms with Gasteiger partial charge in [0.05, 0.1) is 0 Å². The van der Waals surface area contributed by atoms with Gasteiger partial charge in [-0.15, -0.1) is 0 Å². The molecule has 1 amide bonds. The summed E-state index contributed by atoms with van der Waals surface area (Å²) in [4.78, 5) is 14.7. The molecule has 2 aromatic carbocycles. The second kappa shape index (κ2) is 8.70. The first kappa shape index (κ1) is 18.2. The van der Waals surface area contributed by atoms with E-state index in [1.165, 1.54) is 31.4 Å². The van der Waals surface area contributed by atoms with E-state index in [9.17, 15) is 4.79 Å². The zero-order valence-corrected chi connectivity index (χ0v) is 15.8. The number of amides is 1. The minimum atomic E-state index is -0.0252. The Bertz CT molecular complexity index is 769. The molecular weight excluding hydrogens is 320 g/mol. The number of carbonyl (C=O) groups excluding carboxylic acids is 1. The van der Waals surface area contributed by atoms with Crippen LogP contribution >= 0.6 is 0 Å². The molecule has 1 aliphatic heterocycles. The van der Waals surface area contributed by atoms with E-state index >= 15 is 0 Å². The van der Waals surface area contributed by atoms with E-state index in [1.807, 2.05) is 30.3 Å². The Morgan fingerprint density at radius 3 is 2.23 bits per heavy atom. The summed E-state index contributed by atoms with van der Waals surface area (Å²) < 4.78 is 0. The summed E-state index contributed by atoms with van der Waals surface area (Å²) in [5.41, 5.74) is 4.94.